The number of aliphatic hydroxyl groups excluding tert-OH is 2. The molecule has 2 heterocycles. The summed E-state index contributed by atoms with van der Waals surface area (Å²) in [6, 6.07) is 7.37. The summed E-state index contributed by atoms with van der Waals surface area (Å²) in [7, 11) is 1.44. The molecule has 0 bridgehead atoms. The van der Waals surface area contributed by atoms with Gasteiger partial charge in [0.2, 0.25) is 0 Å². The van der Waals surface area contributed by atoms with Gasteiger partial charge >= 0.3 is 0 Å². The Morgan fingerprint density at radius 3 is 2.50 bits per heavy atom. The summed E-state index contributed by atoms with van der Waals surface area (Å²) in [5, 5.41) is 50.2. The molecule has 0 saturated carbocycles. The number of methoxy groups -OCH3 is 1. The van der Waals surface area contributed by atoms with Crippen LogP contribution in [0.3, 0.4) is 0 Å². The zero-order chi connectivity index (χ0) is 24.4. The molecule has 2 aromatic carbocycles. The van der Waals surface area contributed by atoms with E-state index < -0.39 is 24.4 Å². The zero-order valence-electron chi connectivity index (χ0n) is 18.8. The Labute approximate surface area is 196 Å². The number of allylic oxidation sites excluding steroid dienone is 1. The van der Waals surface area contributed by atoms with E-state index in [1.807, 2.05) is 0 Å². The summed E-state index contributed by atoms with van der Waals surface area (Å²) in [4.78, 5) is 0. The lowest BCUT2D eigenvalue weighted by molar-refractivity contribution is -0.0903. The van der Waals surface area contributed by atoms with Crippen LogP contribution >= 0.6 is 0 Å². The molecule has 4 rings (SSSR count). The van der Waals surface area contributed by atoms with Gasteiger partial charge in [-0.1, -0.05) is 6.07 Å². The van der Waals surface area contributed by atoms with Gasteiger partial charge in [0.25, 0.3) is 0 Å². The first kappa shape index (κ1) is 23.6. The molecule has 0 aliphatic carbocycles. The summed E-state index contributed by atoms with van der Waals surface area (Å²) in [6.07, 6.45) is 0.967. The van der Waals surface area contributed by atoms with Gasteiger partial charge in [-0.2, -0.15) is 0 Å². The lowest BCUT2D eigenvalue weighted by atomic mass is 9.96. The average Bonchev–Trinajstić information content (AvgIpc) is 2.83. The Balaban J connectivity index is 1.58. The second kappa shape index (κ2) is 9.74. The lowest BCUT2D eigenvalue weighted by Gasteiger charge is -2.36. The number of phenols is 3. The van der Waals surface area contributed by atoms with Gasteiger partial charge in [-0.05, 0) is 31.2 Å². The first-order valence-corrected chi connectivity index (χ1v) is 10.9. The summed E-state index contributed by atoms with van der Waals surface area (Å²) >= 11 is 0. The molecule has 182 valence electrons. The van der Waals surface area contributed by atoms with Crippen LogP contribution in [-0.4, -0.2) is 57.6 Å². The topological polar surface area (TPSA) is 138 Å². The first-order valence-electron chi connectivity index (χ1n) is 10.9. The van der Waals surface area contributed by atoms with E-state index in [-0.39, 0.29) is 42.4 Å². The Bertz CT molecular complexity index is 1110. The SMILES string of the molecule is C/C=C1/O[C@H](CO)[C@@H](c2ccc(O)c(OC)c2)O/C1=C/C[C@H]1Oc2cc(O)cc(O)c2C[C@@H]1O. The Morgan fingerprint density at radius 1 is 1.00 bits per heavy atom. The van der Waals surface area contributed by atoms with Crippen LogP contribution in [0, 0.1) is 0 Å². The van der Waals surface area contributed by atoms with Crippen molar-refractivity contribution in [3.05, 3.63) is 65.1 Å². The maximum atomic E-state index is 10.6. The highest BCUT2D eigenvalue weighted by atomic mass is 16.6. The van der Waals surface area contributed by atoms with E-state index in [1.165, 1.54) is 25.3 Å². The van der Waals surface area contributed by atoms with Crippen LogP contribution < -0.4 is 9.47 Å². The Kier molecular flexibility index (Phi) is 6.76. The Hall–Kier alpha value is -3.56. The van der Waals surface area contributed by atoms with E-state index in [4.69, 9.17) is 18.9 Å². The third-order valence-corrected chi connectivity index (χ3v) is 5.91. The van der Waals surface area contributed by atoms with Gasteiger partial charge in [0, 0.05) is 36.1 Å². The molecular formula is C25H28O9. The average molecular weight is 472 g/mol. The van der Waals surface area contributed by atoms with Gasteiger partial charge in [-0.3, -0.25) is 0 Å². The predicted octanol–water partition coefficient (Wildman–Crippen LogP) is 2.80. The molecular weight excluding hydrogens is 444 g/mol. The molecule has 34 heavy (non-hydrogen) atoms. The van der Waals surface area contributed by atoms with Gasteiger partial charge in [-0.25, -0.2) is 0 Å². The van der Waals surface area contributed by atoms with Crippen molar-refractivity contribution in [2.75, 3.05) is 13.7 Å². The standard InChI is InChI=1S/C25H28O9/c1-3-19-21(7-6-20-18(30)11-15-17(29)9-14(27)10-22(15)33-20)34-25(24(12-26)32-19)13-4-5-16(28)23(8-13)31-2/h3-5,7-10,18,20,24-30H,6,11-12H2,1-2H3/b19-3+,21-7+/t18-,20+,24+,25+/m0/s1. The highest BCUT2D eigenvalue weighted by Gasteiger charge is 2.36. The molecule has 5 N–H and O–H groups in total. The third kappa shape index (κ3) is 4.57. The minimum Gasteiger partial charge on any atom is -0.508 e. The third-order valence-electron chi connectivity index (χ3n) is 5.91. The van der Waals surface area contributed by atoms with E-state index in [2.05, 4.69) is 0 Å². The van der Waals surface area contributed by atoms with Crippen molar-refractivity contribution in [1.82, 2.24) is 0 Å². The fourth-order valence-electron chi connectivity index (χ4n) is 4.14. The maximum Gasteiger partial charge on any atom is 0.163 e. The van der Waals surface area contributed by atoms with Crippen LogP contribution in [0.4, 0.5) is 0 Å². The number of aromatic hydroxyl groups is 3. The normalized spacial score (nSPS) is 26.4. The fourth-order valence-corrected chi connectivity index (χ4v) is 4.14. The summed E-state index contributed by atoms with van der Waals surface area (Å²) in [6.45, 7) is 1.48. The number of rotatable bonds is 5. The van der Waals surface area contributed by atoms with Gasteiger partial charge in [0.1, 0.15) is 23.4 Å². The zero-order valence-corrected chi connectivity index (χ0v) is 18.8. The number of fused-ring (bicyclic) bond motifs is 1. The molecule has 1 fully saturated rings. The molecule has 0 radical (unpaired) electrons. The second-order valence-electron chi connectivity index (χ2n) is 8.13. The molecule has 4 atom stereocenters. The van der Waals surface area contributed by atoms with E-state index in [1.54, 1.807) is 31.2 Å². The first-order chi connectivity index (χ1) is 16.3. The van der Waals surface area contributed by atoms with Crippen LogP contribution in [0.2, 0.25) is 0 Å². The van der Waals surface area contributed by atoms with E-state index in [9.17, 15) is 25.5 Å². The smallest absolute Gasteiger partial charge is 0.163 e. The number of ether oxygens (including phenoxy) is 4. The number of aliphatic hydroxyl groups is 2. The fraction of sp³-hybridized carbons (Fsp3) is 0.360. The molecule has 2 aliphatic rings. The van der Waals surface area contributed by atoms with Crippen molar-refractivity contribution in [2.24, 2.45) is 0 Å². The van der Waals surface area contributed by atoms with Crippen LogP contribution in [-0.2, 0) is 15.9 Å². The Morgan fingerprint density at radius 2 is 1.79 bits per heavy atom. The van der Waals surface area contributed by atoms with E-state index >= 15 is 0 Å². The summed E-state index contributed by atoms with van der Waals surface area (Å²) in [5.74, 6) is 1.14. The van der Waals surface area contributed by atoms with Crippen molar-refractivity contribution in [3.8, 4) is 28.7 Å². The quantitative estimate of drug-likeness (QED) is 0.445. The molecule has 9 heteroatoms. The number of hydrogen-bond donors (Lipinski definition) is 5. The predicted molar refractivity (Wildman–Crippen MR) is 121 cm³/mol. The van der Waals surface area contributed by atoms with Crippen LogP contribution in [0.1, 0.15) is 30.6 Å². The van der Waals surface area contributed by atoms with Crippen LogP contribution in [0.5, 0.6) is 28.7 Å². The van der Waals surface area contributed by atoms with E-state index in [0.717, 1.165) is 0 Å². The van der Waals surface area contributed by atoms with Crippen LogP contribution in [0.25, 0.3) is 0 Å². The van der Waals surface area contributed by atoms with Gasteiger partial charge in [0.15, 0.2) is 35.2 Å². The van der Waals surface area contributed by atoms with Crippen molar-refractivity contribution in [1.29, 1.82) is 0 Å². The largest absolute Gasteiger partial charge is 0.508 e. The molecule has 9 nitrogen and oxygen atoms in total. The molecule has 0 spiro atoms. The number of phenolic OH excluding ortho intramolecular Hbond substituents is 3. The van der Waals surface area contributed by atoms with Crippen molar-refractivity contribution in [2.45, 2.75) is 44.2 Å². The number of benzene rings is 2. The van der Waals surface area contributed by atoms with Gasteiger partial charge in [-0.15, -0.1) is 0 Å². The monoisotopic (exact) mass is 472 g/mol. The summed E-state index contributed by atoms with van der Waals surface area (Å²) in [5.41, 5.74) is 1.08. The van der Waals surface area contributed by atoms with Gasteiger partial charge < -0.3 is 44.5 Å². The van der Waals surface area contributed by atoms with Crippen molar-refractivity contribution < 1.29 is 44.5 Å². The highest BCUT2D eigenvalue weighted by Crippen LogP contribution is 2.41. The minimum absolute atomic E-state index is 0.0192. The lowest BCUT2D eigenvalue weighted by Crippen LogP contribution is -2.37. The highest BCUT2D eigenvalue weighted by molar-refractivity contribution is 5.51. The minimum atomic E-state index is -0.888. The molecule has 2 aromatic rings. The molecule has 0 aromatic heterocycles. The van der Waals surface area contributed by atoms with Crippen molar-refractivity contribution in [3.63, 3.8) is 0 Å². The molecule has 1 saturated heterocycles. The van der Waals surface area contributed by atoms with E-state index in [0.29, 0.717) is 28.4 Å². The molecule has 2 aliphatic heterocycles. The van der Waals surface area contributed by atoms with Crippen LogP contribution in [0.15, 0.2) is 54.0 Å². The maximum absolute atomic E-state index is 10.6. The molecule has 0 amide bonds. The molecule has 0 unspecified atom stereocenters. The number of hydrogen-bond acceptors (Lipinski definition) is 9. The summed E-state index contributed by atoms with van der Waals surface area (Å²) < 4.78 is 23.2. The van der Waals surface area contributed by atoms with Crippen molar-refractivity contribution >= 4 is 0 Å². The second-order valence-corrected chi connectivity index (χ2v) is 8.13. The van der Waals surface area contributed by atoms with Gasteiger partial charge in [0.05, 0.1) is 19.8 Å².